The molecule has 1 rings (SSSR count). The van der Waals surface area contributed by atoms with Gasteiger partial charge in [0, 0.05) is 22.4 Å². The van der Waals surface area contributed by atoms with Gasteiger partial charge in [-0.3, -0.25) is 0 Å². The largest absolute Gasteiger partial charge is 0.550 e. The van der Waals surface area contributed by atoms with Gasteiger partial charge in [-0.25, -0.2) is 0 Å². The van der Waals surface area contributed by atoms with Crippen molar-refractivity contribution in [2.75, 3.05) is 0 Å². The van der Waals surface area contributed by atoms with Gasteiger partial charge in [-0.1, -0.05) is 29.3 Å². The zero-order chi connectivity index (χ0) is 9.14. The lowest BCUT2D eigenvalue weighted by Gasteiger charge is -2.04. The van der Waals surface area contributed by atoms with Gasteiger partial charge in [-0.05, 0) is 17.7 Å². The van der Waals surface area contributed by atoms with E-state index in [1.54, 1.807) is 12.1 Å². The summed E-state index contributed by atoms with van der Waals surface area (Å²) in [4.78, 5) is 10.2. The van der Waals surface area contributed by atoms with Crippen LogP contribution in [0.5, 0.6) is 0 Å². The smallest absolute Gasteiger partial charge is 0.0458 e. The maximum Gasteiger partial charge on any atom is 0.0458 e. The second-order valence-corrected chi connectivity index (χ2v) is 3.13. The predicted molar refractivity (Wildman–Crippen MR) is 45.2 cm³/mol. The fraction of sp³-hybridized carbons (Fsp3) is 0.125. The van der Waals surface area contributed by atoms with Gasteiger partial charge in [0.25, 0.3) is 0 Å². The molecule has 0 unspecified atom stereocenters. The summed E-state index contributed by atoms with van der Waals surface area (Å²) in [7, 11) is 0. The van der Waals surface area contributed by atoms with E-state index >= 15 is 0 Å². The summed E-state index contributed by atoms with van der Waals surface area (Å²) < 4.78 is 0. The molecule has 0 aromatic heterocycles. The number of carbonyl (C=O) groups is 1. The second-order valence-electron chi connectivity index (χ2n) is 2.28. The number of rotatable bonds is 2. The predicted octanol–water partition coefficient (Wildman–Crippen LogP) is 1.29. The van der Waals surface area contributed by atoms with Gasteiger partial charge >= 0.3 is 0 Å². The highest BCUT2D eigenvalue weighted by atomic mass is 35.5. The molecule has 2 nitrogen and oxygen atoms in total. The van der Waals surface area contributed by atoms with E-state index in [1.165, 1.54) is 6.07 Å². The molecule has 0 fully saturated rings. The minimum atomic E-state index is -1.15. The van der Waals surface area contributed by atoms with E-state index in [0.29, 0.717) is 15.6 Å². The second kappa shape index (κ2) is 3.78. The highest BCUT2D eigenvalue weighted by Gasteiger charge is 2.00. The Morgan fingerprint density at radius 2 is 2.08 bits per heavy atom. The van der Waals surface area contributed by atoms with Crippen LogP contribution in [0, 0.1) is 0 Å². The van der Waals surface area contributed by atoms with E-state index in [2.05, 4.69) is 0 Å². The molecule has 0 spiro atoms. The van der Waals surface area contributed by atoms with Crippen LogP contribution < -0.4 is 5.11 Å². The first-order valence-electron chi connectivity index (χ1n) is 3.23. The zero-order valence-electron chi connectivity index (χ0n) is 6.01. The molecule has 0 heterocycles. The summed E-state index contributed by atoms with van der Waals surface area (Å²) in [6.45, 7) is 0. The fourth-order valence-corrected chi connectivity index (χ4v) is 1.30. The van der Waals surface area contributed by atoms with Crippen LogP contribution >= 0.6 is 23.2 Å². The highest BCUT2D eigenvalue weighted by Crippen LogP contribution is 2.20. The Morgan fingerprint density at radius 3 is 2.58 bits per heavy atom. The molecule has 1 aromatic rings. The summed E-state index contributed by atoms with van der Waals surface area (Å²) in [6.07, 6.45) is -0.185. The molecule has 64 valence electrons. The fourth-order valence-electron chi connectivity index (χ4n) is 0.821. The summed E-state index contributed by atoms with van der Waals surface area (Å²) in [5.41, 5.74) is 0.515. The van der Waals surface area contributed by atoms with Crippen molar-refractivity contribution in [1.82, 2.24) is 0 Å². The third-order valence-electron chi connectivity index (χ3n) is 1.35. The summed E-state index contributed by atoms with van der Waals surface area (Å²) in [5.74, 6) is -1.15. The lowest BCUT2D eigenvalue weighted by molar-refractivity contribution is -0.304. The van der Waals surface area contributed by atoms with E-state index in [9.17, 15) is 9.90 Å². The molecule has 0 amide bonds. The zero-order valence-corrected chi connectivity index (χ0v) is 7.52. The van der Waals surface area contributed by atoms with Crippen LogP contribution in [-0.2, 0) is 11.2 Å². The Kier molecular flexibility index (Phi) is 2.95. The van der Waals surface area contributed by atoms with Crippen molar-refractivity contribution in [2.24, 2.45) is 0 Å². The first-order chi connectivity index (χ1) is 5.59. The van der Waals surface area contributed by atoms with Crippen LogP contribution in [0.25, 0.3) is 0 Å². The first kappa shape index (κ1) is 9.36. The minimum absolute atomic E-state index is 0.185. The molecule has 0 bridgehead atoms. The van der Waals surface area contributed by atoms with E-state index in [0.717, 1.165) is 0 Å². The van der Waals surface area contributed by atoms with Crippen molar-refractivity contribution in [3.63, 3.8) is 0 Å². The lowest BCUT2D eigenvalue weighted by atomic mass is 10.1. The Labute approximate surface area is 79.7 Å². The van der Waals surface area contributed by atoms with Crippen LogP contribution in [0.15, 0.2) is 18.2 Å². The quantitative estimate of drug-likeness (QED) is 0.727. The number of hydrogen-bond donors (Lipinski definition) is 0. The summed E-state index contributed by atoms with van der Waals surface area (Å²) in [6, 6.07) is 4.66. The molecular weight excluding hydrogens is 199 g/mol. The molecule has 0 saturated heterocycles. The monoisotopic (exact) mass is 203 g/mol. The lowest BCUT2D eigenvalue weighted by Crippen LogP contribution is -2.24. The van der Waals surface area contributed by atoms with Crippen LogP contribution in [-0.4, -0.2) is 5.97 Å². The minimum Gasteiger partial charge on any atom is -0.550 e. The third kappa shape index (κ3) is 2.40. The van der Waals surface area contributed by atoms with Gasteiger partial charge in [0.15, 0.2) is 0 Å². The summed E-state index contributed by atoms with van der Waals surface area (Å²) in [5, 5.41) is 11.0. The molecule has 0 aliphatic heterocycles. The number of halogens is 2. The van der Waals surface area contributed by atoms with E-state index in [4.69, 9.17) is 23.2 Å². The van der Waals surface area contributed by atoms with Gasteiger partial charge in [0.2, 0.25) is 0 Å². The molecule has 0 saturated carbocycles. The number of hydrogen-bond acceptors (Lipinski definition) is 2. The topological polar surface area (TPSA) is 40.1 Å². The number of carboxylic acids is 1. The Balaban J connectivity index is 2.93. The number of carbonyl (C=O) groups excluding carboxylic acids is 1. The standard InChI is InChI=1S/C8H6Cl2O2/c9-6-2-1-5(3-8(11)12)7(10)4-6/h1-2,4H,3H2,(H,11,12)/p-1. The van der Waals surface area contributed by atoms with Crippen molar-refractivity contribution in [3.8, 4) is 0 Å². The molecule has 1 aromatic carbocycles. The van der Waals surface area contributed by atoms with Crippen molar-refractivity contribution >= 4 is 29.2 Å². The van der Waals surface area contributed by atoms with Crippen LogP contribution in [0.3, 0.4) is 0 Å². The summed E-state index contributed by atoms with van der Waals surface area (Å²) >= 11 is 11.3. The first-order valence-corrected chi connectivity index (χ1v) is 3.99. The molecule has 12 heavy (non-hydrogen) atoms. The van der Waals surface area contributed by atoms with Crippen LogP contribution in [0.1, 0.15) is 5.56 Å². The van der Waals surface area contributed by atoms with Gasteiger partial charge in [0.05, 0.1) is 0 Å². The van der Waals surface area contributed by atoms with Crippen molar-refractivity contribution in [2.45, 2.75) is 6.42 Å². The molecular formula is C8H5Cl2O2-. The van der Waals surface area contributed by atoms with Gasteiger partial charge < -0.3 is 9.90 Å². The van der Waals surface area contributed by atoms with Gasteiger partial charge in [-0.2, -0.15) is 0 Å². The molecule has 0 atom stereocenters. The molecule has 0 aliphatic rings. The number of aliphatic carboxylic acids is 1. The Morgan fingerprint density at radius 1 is 1.42 bits per heavy atom. The maximum absolute atomic E-state index is 10.2. The SMILES string of the molecule is O=C([O-])Cc1ccc(Cl)cc1Cl. The number of benzene rings is 1. The van der Waals surface area contributed by atoms with Crippen LogP contribution in [0.2, 0.25) is 10.0 Å². The maximum atomic E-state index is 10.2. The average Bonchev–Trinajstić information content (AvgIpc) is 1.94. The van der Waals surface area contributed by atoms with Crippen molar-refractivity contribution in [3.05, 3.63) is 33.8 Å². The van der Waals surface area contributed by atoms with E-state index in [1.807, 2.05) is 0 Å². The third-order valence-corrected chi connectivity index (χ3v) is 1.94. The molecule has 0 N–H and O–H groups in total. The molecule has 0 radical (unpaired) electrons. The molecule has 4 heteroatoms. The highest BCUT2D eigenvalue weighted by molar-refractivity contribution is 6.35. The normalized spacial score (nSPS) is 9.83. The van der Waals surface area contributed by atoms with Gasteiger partial charge in [-0.15, -0.1) is 0 Å². The molecule has 0 aliphatic carbocycles. The van der Waals surface area contributed by atoms with Crippen molar-refractivity contribution < 1.29 is 9.90 Å². The van der Waals surface area contributed by atoms with E-state index < -0.39 is 5.97 Å². The van der Waals surface area contributed by atoms with Crippen LogP contribution in [0.4, 0.5) is 0 Å². The Hall–Kier alpha value is -0.730. The van der Waals surface area contributed by atoms with Crippen molar-refractivity contribution in [1.29, 1.82) is 0 Å². The Bertz CT molecular complexity index is 310. The van der Waals surface area contributed by atoms with E-state index in [-0.39, 0.29) is 6.42 Å². The van der Waals surface area contributed by atoms with Gasteiger partial charge in [0.1, 0.15) is 0 Å². The average molecular weight is 204 g/mol. The number of carboxylic acid groups (broad SMARTS) is 1.